The van der Waals surface area contributed by atoms with Gasteiger partial charge in [0, 0.05) is 16.7 Å². The van der Waals surface area contributed by atoms with E-state index in [0.29, 0.717) is 5.56 Å². The van der Waals surface area contributed by atoms with E-state index in [4.69, 9.17) is 4.42 Å². The van der Waals surface area contributed by atoms with Crippen molar-refractivity contribution in [2.45, 2.75) is 52.4 Å². The maximum Gasteiger partial charge on any atom is 0.301 e. The maximum atomic E-state index is 12.5. The molecule has 1 amide bonds. The highest BCUT2D eigenvalue weighted by atomic mass is 16.4. The zero-order valence-electron chi connectivity index (χ0n) is 14.5. The molecule has 0 unspecified atom stereocenters. The fraction of sp³-hybridized carbons (Fsp3) is 0.444. The molecule has 124 valence electrons. The molecule has 0 spiro atoms. The molecule has 0 radical (unpaired) electrons. The van der Waals surface area contributed by atoms with Crippen molar-refractivity contribution >= 4 is 11.9 Å². The van der Waals surface area contributed by atoms with Gasteiger partial charge >= 0.3 is 6.01 Å². The van der Waals surface area contributed by atoms with Crippen molar-refractivity contribution in [1.29, 1.82) is 0 Å². The van der Waals surface area contributed by atoms with Gasteiger partial charge in [0.05, 0.1) is 6.20 Å². The fourth-order valence-electron chi connectivity index (χ4n) is 2.36. The Morgan fingerprint density at radius 1 is 1.09 bits per heavy atom. The van der Waals surface area contributed by atoms with Crippen molar-refractivity contribution in [3.05, 3.63) is 41.3 Å². The quantitative estimate of drug-likeness (QED) is 0.869. The summed E-state index contributed by atoms with van der Waals surface area (Å²) in [6.45, 7) is 12.0. The molecule has 0 aliphatic carbocycles. The van der Waals surface area contributed by atoms with Crippen LogP contribution in [0.4, 0.5) is 6.01 Å². The van der Waals surface area contributed by atoms with Crippen molar-refractivity contribution in [3.8, 4) is 5.75 Å². The van der Waals surface area contributed by atoms with Crippen molar-refractivity contribution in [2.75, 3.05) is 5.32 Å². The van der Waals surface area contributed by atoms with Gasteiger partial charge in [0.25, 0.3) is 5.91 Å². The Balaban J connectivity index is 2.53. The van der Waals surface area contributed by atoms with Gasteiger partial charge in [-0.15, -0.1) is 0 Å². The summed E-state index contributed by atoms with van der Waals surface area (Å²) in [7, 11) is 0. The lowest BCUT2D eigenvalue weighted by atomic mass is 9.78. The van der Waals surface area contributed by atoms with Crippen LogP contribution in [0.1, 0.15) is 63.0 Å². The van der Waals surface area contributed by atoms with Crippen LogP contribution in [0.15, 0.2) is 29.0 Å². The van der Waals surface area contributed by atoms with Crippen LogP contribution in [-0.2, 0) is 10.8 Å². The topological polar surface area (TPSA) is 75.4 Å². The van der Waals surface area contributed by atoms with Gasteiger partial charge < -0.3 is 9.52 Å². The average Bonchev–Trinajstić information content (AvgIpc) is 2.88. The minimum absolute atomic E-state index is 0.151. The van der Waals surface area contributed by atoms with Gasteiger partial charge in [0.15, 0.2) is 0 Å². The summed E-state index contributed by atoms with van der Waals surface area (Å²) in [6.07, 6.45) is 2.86. The summed E-state index contributed by atoms with van der Waals surface area (Å²) in [5, 5.41) is 13.3. The number of hydrogen-bond acceptors (Lipinski definition) is 4. The number of aromatic hydroxyl groups is 1. The second-order valence-corrected chi connectivity index (χ2v) is 7.71. The molecular weight excluding hydrogens is 292 g/mol. The number of benzene rings is 1. The Kier molecular flexibility index (Phi) is 4.24. The number of phenolic OH excluding ortho intramolecular Hbond substituents is 1. The Hall–Kier alpha value is -2.30. The number of carbonyl (C=O) groups excluding carboxylic acids is 1. The van der Waals surface area contributed by atoms with Gasteiger partial charge in [-0.1, -0.05) is 41.5 Å². The SMILES string of the molecule is CC(C)(C)c1cc(C(=O)Nc2ncco2)cc(C(C)(C)C)c1O. The number of amides is 1. The number of hydrogen-bond donors (Lipinski definition) is 2. The highest BCUT2D eigenvalue weighted by Gasteiger charge is 2.28. The van der Waals surface area contributed by atoms with Gasteiger partial charge in [-0.25, -0.2) is 4.98 Å². The molecule has 0 aliphatic rings. The molecule has 0 saturated carbocycles. The van der Waals surface area contributed by atoms with E-state index in [1.165, 1.54) is 12.5 Å². The maximum absolute atomic E-state index is 12.5. The molecule has 2 aromatic rings. The van der Waals surface area contributed by atoms with Crippen LogP contribution in [0.5, 0.6) is 5.75 Å². The summed E-state index contributed by atoms with van der Waals surface area (Å²) in [5.41, 5.74) is 1.37. The lowest BCUT2D eigenvalue weighted by Crippen LogP contribution is -2.20. The zero-order chi connectivity index (χ0) is 17.4. The van der Waals surface area contributed by atoms with E-state index < -0.39 is 0 Å². The van der Waals surface area contributed by atoms with E-state index in [2.05, 4.69) is 10.3 Å². The summed E-state index contributed by atoms with van der Waals surface area (Å²) < 4.78 is 5.05. The monoisotopic (exact) mass is 316 g/mol. The minimum atomic E-state index is -0.316. The number of nitrogens with one attached hydrogen (secondary N) is 1. The smallest absolute Gasteiger partial charge is 0.301 e. The van der Waals surface area contributed by atoms with Crippen molar-refractivity contribution in [3.63, 3.8) is 0 Å². The first-order valence-electron chi connectivity index (χ1n) is 7.59. The zero-order valence-corrected chi connectivity index (χ0v) is 14.5. The second kappa shape index (κ2) is 5.72. The number of rotatable bonds is 2. The number of phenols is 1. The number of anilines is 1. The fourth-order valence-corrected chi connectivity index (χ4v) is 2.36. The van der Waals surface area contributed by atoms with Crippen molar-refractivity contribution in [2.24, 2.45) is 0 Å². The van der Waals surface area contributed by atoms with Crippen LogP contribution in [-0.4, -0.2) is 16.0 Å². The third-order valence-electron chi connectivity index (χ3n) is 3.64. The van der Waals surface area contributed by atoms with E-state index >= 15 is 0 Å². The Labute approximate surface area is 136 Å². The standard InChI is InChI=1S/C18H24N2O3/c1-17(2,3)12-9-11(10-13(14(12)21)18(4,5)6)15(22)20-16-19-7-8-23-16/h7-10,21H,1-6H3,(H,19,20,22). The third-order valence-corrected chi connectivity index (χ3v) is 3.64. The van der Waals surface area contributed by atoms with Gasteiger partial charge in [0.2, 0.25) is 0 Å². The number of nitrogens with zero attached hydrogens (tertiary/aromatic N) is 1. The van der Waals surface area contributed by atoms with Crippen LogP contribution in [0.25, 0.3) is 0 Å². The Morgan fingerprint density at radius 3 is 2.00 bits per heavy atom. The van der Waals surface area contributed by atoms with Crippen LogP contribution in [0.2, 0.25) is 0 Å². The lowest BCUT2D eigenvalue weighted by Gasteiger charge is -2.28. The van der Waals surface area contributed by atoms with Crippen LogP contribution in [0.3, 0.4) is 0 Å². The molecule has 0 aliphatic heterocycles. The second-order valence-electron chi connectivity index (χ2n) is 7.71. The van der Waals surface area contributed by atoms with Gasteiger partial charge in [-0.2, -0.15) is 0 Å². The predicted molar refractivity (Wildman–Crippen MR) is 90.0 cm³/mol. The average molecular weight is 316 g/mol. The lowest BCUT2D eigenvalue weighted by molar-refractivity contribution is 0.102. The molecule has 5 heteroatoms. The van der Waals surface area contributed by atoms with Crippen LogP contribution >= 0.6 is 0 Å². The van der Waals surface area contributed by atoms with E-state index in [9.17, 15) is 9.90 Å². The summed E-state index contributed by atoms with van der Waals surface area (Å²) >= 11 is 0. The molecule has 0 saturated heterocycles. The van der Waals surface area contributed by atoms with E-state index in [0.717, 1.165) is 11.1 Å². The first-order chi connectivity index (χ1) is 10.5. The Morgan fingerprint density at radius 2 is 1.61 bits per heavy atom. The molecule has 0 atom stereocenters. The molecule has 1 heterocycles. The van der Waals surface area contributed by atoms with Crippen LogP contribution < -0.4 is 5.32 Å². The number of oxazole rings is 1. The van der Waals surface area contributed by atoms with Crippen LogP contribution in [0, 0.1) is 0 Å². The van der Waals surface area contributed by atoms with Crippen molar-refractivity contribution in [1.82, 2.24) is 4.98 Å². The van der Waals surface area contributed by atoms with Gasteiger partial charge in [-0.05, 0) is 23.0 Å². The number of aromatic nitrogens is 1. The molecule has 2 rings (SSSR count). The molecular formula is C18H24N2O3. The highest BCUT2D eigenvalue weighted by molar-refractivity contribution is 6.03. The van der Waals surface area contributed by atoms with E-state index in [1.54, 1.807) is 12.1 Å². The minimum Gasteiger partial charge on any atom is -0.507 e. The number of carbonyl (C=O) groups is 1. The molecule has 2 N–H and O–H groups in total. The largest absolute Gasteiger partial charge is 0.507 e. The molecule has 23 heavy (non-hydrogen) atoms. The molecule has 5 nitrogen and oxygen atoms in total. The normalized spacial score (nSPS) is 12.3. The predicted octanol–water partition coefficient (Wildman–Crippen LogP) is 4.23. The van der Waals surface area contributed by atoms with E-state index in [1.807, 2.05) is 41.5 Å². The Bertz CT molecular complexity index is 670. The first-order valence-corrected chi connectivity index (χ1v) is 7.59. The summed E-state index contributed by atoms with van der Waals surface area (Å²) in [4.78, 5) is 16.4. The molecule has 0 fully saturated rings. The van der Waals surface area contributed by atoms with Gasteiger partial charge in [0.1, 0.15) is 12.0 Å². The van der Waals surface area contributed by atoms with E-state index in [-0.39, 0.29) is 28.5 Å². The molecule has 1 aromatic carbocycles. The summed E-state index contributed by atoms with van der Waals surface area (Å²) in [5.74, 6) is -0.0684. The molecule has 1 aromatic heterocycles. The van der Waals surface area contributed by atoms with Crippen molar-refractivity contribution < 1.29 is 14.3 Å². The summed E-state index contributed by atoms with van der Waals surface area (Å²) in [6, 6.07) is 3.60. The highest BCUT2D eigenvalue weighted by Crippen LogP contribution is 2.39. The third kappa shape index (κ3) is 3.73. The molecule has 0 bridgehead atoms. The first kappa shape index (κ1) is 17.1. The van der Waals surface area contributed by atoms with Gasteiger partial charge in [-0.3, -0.25) is 10.1 Å².